The van der Waals surface area contributed by atoms with Gasteiger partial charge in [0.05, 0.1) is 41.3 Å². The zero-order valence-electron chi connectivity index (χ0n) is 11.2. The summed E-state index contributed by atoms with van der Waals surface area (Å²) in [6, 6.07) is 5.20. The van der Waals surface area contributed by atoms with Crippen LogP contribution in [0.4, 0.5) is 5.69 Å². The lowest BCUT2D eigenvalue weighted by Crippen LogP contribution is -2.23. The molecule has 0 saturated carbocycles. The van der Waals surface area contributed by atoms with Crippen molar-refractivity contribution in [3.8, 4) is 6.07 Å². The Kier molecular flexibility index (Phi) is 5.78. The molecule has 0 radical (unpaired) electrons. The number of nitriles is 1. The van der Waals surface area contributed by atoms with Gasteiger partial charge in [0, 0.05) is 6.07 Å². The summed E-state index contributed by atoms with van der Waals surface area (Å²) >= 11 is 0. The van der Waals surface area contributed by atoms with Gasteiger partial charge >= 0.3 is 5.97 Å². The van der Waals surface area contributed by atoms with E-state index in [1.807, 2.05) is 0 Å². The summed E-state index contributed by atoms with van der Waals surface area (Å²) < 4.78 is 4.63. The van der Waals surface area contributed by atoms with E-state index in [1.54, 1.807) is 13.0 Å². The number of esters is 1. The molecule has 1 aromatic rings. The van der Waals surface area contributed by atoms with Gasteiger partial charge in [-0.05, 0) is 19.1 Å². The quantitative estimate of drug-likeness (QED) is 0.450. The molecule has 8 heteroatoms. The van der Waals surface area contributed by atoms with E-state index in [0.717, 1.165) is 6.07 Å². The molecule has 0 heterocycles. The van der Waals surface area contributed by atoms with Crippen molar-refractivity contribution in [1.82, 2.24) is 0 Å². The summed E-state index contributed by atoms with van der Waals surface area (Å²) in [5.74, 6) is -0.722. The Bertz CT molecular complexity index is 581. The summed E-state index contributed by atoms with van der Waals surface area (Å²) in [6.45, 7) is 1.71. The summed E-state index contributed by atoms with van der Waals surface area (Å²) in [5.41, 5.74) is -0.613. The monoisotopic (exact) mass is 294 g/mol. The van der Waals surface area contributed by atoms with E-state index in [1.165, 1.54) is 12.1 Å². The molecule has 0 bridgehead atoms. The first-order valence-corrected chi connectivity index (χ1v) is 6.10. The first kappa shape index (κ1) is 16.6. The molecule has 0 aromatic heterocycles. The zero-order valence-corrected chi connectivity index (χ0v) is 11.2. The molecule has 0 saturated heterocycles. The minimum atomic E-state index is -1.64. The summed E-state index contributed by atoms with van der Waals surface area (Å²) in [7, 11) is 0. The van der Waals surface area contributed by atoms with E-state index < -0.39 is 35.2 Å². The number of carbonyl (C=O) groups excluding carboxylic acids is 1. The number of aliphatic hydroxyl groups excluding tert-OH is 2. The van der Waals surface area contributed by atoms with Gasteiger partial charge in [0.15, 0.2) is 0 Å². The normalized spacial score (nSPS) is 13.0. The van der Waals surface area contributed by atoms with Crippen LogP contribution in [0, 0.1) is 21.4 Å². The molecular weight excluding hydrogens is 280 g/mol. The minimum Gasteiger partial charge on any atom is -0.466 e. The molecule has 8 nitrogen and oxygen atoms in total. The van der Waals surface area contributed by atoms with Crippen LogP contribution in [0.3, 0.4) is 0 Å². The third kappa shape index (κ3) is 4.24. The first-order valence-electron chi connectivity index (χ1n) is 6.10. The predicted molar refractivity (Wildman–Crippen MR) is 70.0 cm³/mol. The molecule has 0 aliphatic rings. The number of hydrogen-bond donors (Lipinski definition) is 2. The van der Waals surface area contributed by atoms with Gasteiger partial charge < -0.3 is 14.9 Å². The lowest BCUT2D eigenvalue weighted by molar-refractivity contribution is -0.386. The Hall–Kier alpha value is -2.50. The van der Waals surface area contributed by atoms with Crippen LogP contribution in [-0.4, -0.2) is 33.8 Å². The molecule has 0 spiro atoms. The number of nitro groups is 1. The van der Waals surface area contributed by atoms with Crippen molar-refractivity contribution in [2.45, 2.75) is 25.6 Å². The van der Waals surface area contributed by atoms with Crippen LogP contribution in [0.25, 0.3) is 0 Å². The third-order valence-electron chi connectivity index (χ3n) is 2.72. The second-order valence-electron chi connectivity index (χ2n) is 4.16. The molecule has 0 aliphatic carbocycles. The highest BCUT2D eigenvalue weighted by Crippen LogP contribution is 2.29. The predicted octanol–water partition coefficient (Wildman–Crippen LogP) is 0.814. The molecule has 1 aromatic carbocycles. The van der Waals surface area contributed by atoms with Crippen LogP contribution >= 0.6 is 0 Å². The van der Waals surface area contributed by atoms with E-state index >= 15 is 0 Å². The summed E-state index contributed by atoms with van der Waals surface area (Å²) in [5, 5.41) is 39.4. The van der Waals surface area contributed by atoms with Crippen molar-refractivity contribution in [2.75, 3.05) is 6.61 Å². The largest absolute Gasteiger partial charge is 0.466 e. The van der Waals surface area contributed by atoms with Gasteiger partial charge in [0.1, 0.15) is 6.10 Å². The molecule has 21 heavy (non-hydrogen) atoms. The number of benzene rings is 1. The van der Waals surface area contributed by atoms with Gasteiger partial charge in [-0.15, -0.1) is 0 Å². The summed E-state index contributed by atoms with van der Waals surface area (Å²) in [6.07, 6.45) is -3.68. The number of nitro benzene ring substituents is 1. The summed E-state index contributed by atoms with van der Waals surface area (Å²) in [4.78, 5) is 21.4. The zero-order chi connectivity index (χ0) is 16.0. The maximum Gasteiger partial charge on any atom is 0.308 e. The van der Waals surface area contributed by atoms with E-state index in [-0.39, 0.29) is 17.7 Å². The lowest BCUT2D eigenvalue weighted by atomic mass is 9.99. The smallest absolute Gasteiger partial charge is 0.308 e. The average Bonchev–Trinajstić information content (AvgIpc) is 2.45. The van der Waals surface area contributed by atoms with Crippen molar-refractivity contribution in [1.29, 1.82) is 5.26 Å². The number of ether oxygens (including phenoxy) is 1. The fourth-order valence-corrected chi connectivity index (χ4v) is 1.73. The number of carbonyl (C=O) groups is 1. The van der Waals surface area contributed by atoms with Crippen LogP contribution in [0.1, 0.15) is 30.6 Å². The molecule has 2 unspecified atom stereocenters. The Morgan fingerprint density at radius 1 is 1.52 bits per heavy atom. The van der Waals surface area contributed by atoms with Gasteiger partial charge in [0.25, 0.3) is 5.69 Å². The van der Waals surface area contributed by atoms with Crippen molar-refractivity contribution < 1.29 is 24.7 Å². The van der Waals surface area contributed by atoms with E-state index in [4.69, 9.17) is 5.26 Å². The molecule has 0 amide bonds. The average molecular weight is 294 g/mol. The van der Waals surface area contributed by atoms with Crippen molar-refractivity contribution in [2.24, 2.45) is 0 Å². The highest BCUT2D eigenvalue weighted by molar-refractivity contribution is 5.70. The fraction of sp³-hybridized carbons (Fsp3) is 0.385. The second-order valence-corrected chi connectivity index (χ2v) is 4.16. The van der Waals surface area contributed by atoms with Crippen molar-refractivity contribution >= 4 is 11.7 Å². The third-order valence-corrected chi connectivity index (χ3v) is 2.72. The van der Waals surface area contributed by atoms with Crippen molar-refractivity contribution in [3.05, 3.63) is 39.4 Å². The Balaban J connectivity index is 3.01. The Morgan fingerprint density at radius 3 is 2.71 bits per heavy atom. The van der Waals surface area contributed by atoms with Gasteiger partial charge in [0.2, 0.25) is 0 Å². The van der Waals surface area contributed by atoms with Gasteiger partial charge in [-0.2, -0.15) is 5.26 Å². The molecule has 2 N–H and O–H groups in total. The fourth-order valence-electron chi connectivity index (χ4n) is 1.73. The lowest BCUT2D eigenvalue weighted by Gasteiger charge is -2.17. The molecular formula is C13H14N2O6. The van der Waals surface area contributed by atoms with Crippen molar-refractivity contribution in [3.63, 3.8) is 0 Å². The van der Waals surface area contributed by atoms with E-state index in [9.17, 15) is 25.1 Å². The molecule has 112 valence electrons. The van der Waals surface area contributed by atoms with Crippen LogP contribution in [0.5, 0.6) is 0 Å². The molecule has 2 atom stereocenters. The Morgan fingerprint density at radius 2 is 2.19 bits per heavy atom. The molecule has 0 aliphatic heterocycles. The maximum atomic E-state index is 11.2. The standard InChI is InChI=1S/C13H14N2O6/c1-2-21-12(17)6-11(16)13(18)9-4-3-8(7-14)5-10(9)15(19)20/h3-5,11,13,16,18H,2,6H2,1H3. The maximum absolute atomic E-state index is 11.2. The van der Waals surface area contributed by atoms with Crippen LogP contribution in [-0.2, 0) is 9.53 Å². The van der Waals surface area contributed by atoms with Crippen LogP contribution in [0.15, 0.2) is 18.2 Å². The molecule has 0 fully saturated rings. The van der Waals surface area contributed by atoms with Gasteiger partial charge in [-0.3, -0.25) is 14.9 Å². The SMILES string of the molecule is CCOC(=O)CC(O)C(O)c1ccc(C#N)cc1[N+](=O)[O-]. The minimum absolute atomic E-state index is 0.0533. The van der Waals surface area contributed by atoms with E-state index in [2.05, 4.69) is 4.74 Å². The van der Waals surface area contributed by atoms with Gasteiger partial charge in [-0.25, -0.2) is 0 Å². The Labute approximate surface area is 120 Å². The topological polar surface area (TPSA) is 134 Å². The highest BCUT2D eigenvalue weighted by atomic mass is 16.6. The number of aliphatic hydroxyl groups is 2. The van der Waals surface area contributed by atoms with E-state index in [0.29, 0.717) is 0 Å². The highest BCUT2D eigenvalue weighted by Gasteiger charge is 2.28. The number of hydrogen-bond acceptors (Lipinski definition) is 7. The van der Waals surface area contributed by atoms with Gasteiger partial charge in [-0.1, -0.05) is 0 Å². The molecule has 1 rings (SSSR count). The first-order chi connectivity index (χ1) is 9.90. The number of nitrogens with zero attached hydrogens (tertiary/aromatic N) is 2. The van der Waals surface area contributed by atoms with Crippen LogP contribution in [0.2, 0.25) is 0 Å². The number of rotatable bonds is 6. The van der Waals surface area contributed by atoms with Crippen LogP contribution < -0.4 is 0 Å². The second kappa shape index (κ2) is 7.33.